The third kappa shape index (κ3) is 2.34. The summed E-state index contributed by atoms with van der Waals surface area (Å²) < 4.78 is 1.83. The predicted octanol–water partition coefficient (Wildman–Crippen LogP) is 0.646. The quantitative estimate of drug-likeness (QED) is 0.420. The van der Waals surface area contributed by atoms with Gasteiger partial charge in [0.2, 0.25) is 0 Å². The van der Waals surface area contributed by atoms with Crippen LogP contribution in [0.1, 0.15) is 30.8 Å². The maximum Gasteiger partial charge on any atom is 0.0738 e. The third-order valence-corrected chi connectivity index (χ3v) is 2.08. The van der Waals surface area contributed by atoms with Gasteiger partial charge in [-0.3, -0.25) is 16.0 Å². The van der Waals surface area contributed by atoms with Crippen LogP contribution in [0.4, 0.5) is 0 Å². The number of aromatic nitrogens is 2. The Morgan fingerprint density at radius 2 is 2.43 bits per heavy atom. The number of nitrogens with zero attached hydrogens (tertiary/aromatic N) is 2. The van der Waals surface area contributed by atoms with Gasteiger partial charge in [-0.05, 0) is 19.9 Å². The number of rotatable bonds is 3. The first kappa shape index (κ1) is 10.8. The van der Waals surface area contributed by atoms with Crippen molar-refractivity contribution in [1.29, 1.82) is 0 Å². The Bertz CT molecular complexity index is 356. The van der Waals surface area contributed by atoms with Crippen LogP contribution < -0.4 is 11.3 Å². The Hall–Kier alpha value is -1.31. The number of hydrogen-bond donors (Lipinski definition) is 2. The van der Waals surface area contributed by atoms with Gasteiger partial charge in [0.15, 0.2) is 0 Å². The van der Waals surface area contributed by atoms with E-state index in [-0.39, 0.29) is 6.04 Å². The topological polar surface area (TPSA) is 55.9 Å². The van der Waals surface area contributed by atoms with Crippen molar-refractivity contribution in [3.63, 3.8) is 0 Å². The molecule has 4 heteroatoms. The van der Waals surface area contributed by atoms with Crippen LogP contribution in [-0.2, 0) is 7.05 Å². The molecule has 0 aliphatic heterocycles. The molecule has 0 aliphatic carbocycles. The maximum atomic E-state index is 5.46. The van der Waals surface area contributed by atoms with Crippen LogP contribution in [0, 0.1) is 18.8 Å². The molecule has 1 aromatic rings. The van der Waals surface area contributed by atoms with E-state index in [1.54, 1.807) is 0 Å². The number of nitrogens with one attached hydrogen (secondary N) is 1. The molecular formula is C10H16N4. The van der Waals surface area contributed by atoms with Gasteiger partial charge in [-0.25, -0.2) is 0 Å². The summed E-state index contributed by atoms with van der Waals surface area (Å²) in [6.07, 6.45) is 0.700. The van der Waals surface area contributed by atoms with E-state index in [1.165, 1.54) is 0 Å². The van der Waals surface area contributed by atoms with E-state index in [9.17, 15) is 0 Å². The normalized spacial score (nSPS) is 12.0. The molecule has 0 fully saturated rings. The fraction of sp³-hybridized carbons (Fsp3) is 0.500. The lowest BCUT2D eigenvalue weighted by atomic mass is 10.1. The summed E-state index contributed by atoms with van der Waals surface area (Å²) >= 11 is 0. The average molecular weight is 192 g/mol. The SMILES string of the molecule is CC#CCC(NN)c1cc(C)nn1C. The molecule has 1 unspecified atom stereocenters. The smallest absolute Gasteiger partial charge is 0.0738 e. The summed E-state index contributed by atoms with van der Waals surface area (Å²) in [5, 5.41) is 4.26. The van der Waals surface area contributed by atoms with E-state index < -0.39 is 0 Å². The van der Waals surface area contributed by atoms with Crippen molar-refractivity contribution in [1.82, 2.24) is 15.2 Å². The van der Waals surface area contributed by atoms with Crippen molar-refractivity contribution in [3.8, 4) is 11.8 Å². The second kappa shape index (κ2) is 4.80. The second-order valence-corrected chi connectivity index (χ2v) is 3.18. The maximum absolute atomic E-state index is 5.46. The number of hydrogen-bond acceptors (Lipinski definition) is 3. The Kier molecular flexibility index (Phi) is 3.69. The zero-order valence-corrected chi connectivity index (χ0v) is 8.83. The Labute approximate surface area is 84.5 Å². The van der Waals surface area contributed by atoms with Gasteiger partial charge in [-0.2, -0.15) is 5.10 Å². The van der Waals surface area contributed by atoms with E-state index >= 15 is 0 Å². The molecule has 0 radical (unpaired) electrons. The number of nitrogens with two attached hydrogens (primary N) is 1. The highest BCUT2D eigenvalue weighted by Crippen LogP contribution is 2.15. The molecule has 0 aromatic carbocycles. The van der Waals surface area contributed by atoms with Crippen molar-refractivity contribution >= 4 is 0 Å². The minimum atomic E-state index is 0.0497. The lowest BCUT2D eigenvalue weighted by Crippen LogP contribution is -2.29. The highest BCUT2D eigenvalue weighted by Gasteiger charge is 2.12. The standard InChI is InChI=1S/C10H16N4/c1-4-5-6-9(12-11)10-7-8(2)13-14(10)3/h7,9,12H,6,11H2,1-3H3. The molecule has 4 nitrogen and oxygen atoms in total. The largest absolute Gasteiger partial charge is 0.271 e. The van der Waals surface area contributed by atoms with Crippen LogP contribution in [0.5, 0.6) is 0 Å². The first-order valence-electron chi connectivity index (χ1n) is 4.55. The number of hydrazine groups is 1. The Morgan fingerprint density at radius 1 is 1.71 bits per heavy atom. The molecule has 14 heavy (non-hydrogen) atoms. The van der Waals surface area contributed by atoms with E-state index in [0.717, 1.165) is 11.4 Å². The average Bonchev–Trinajstić information content (AvgIpc) is 2.47. The first-order valence-corrected chi connectivity index (χ1v) is 4.55. The summed E-state index contributed by atoms with van der Waals surface area (Å²) in [6.45, 7) is 3.78. The van der Waals surface area contributed by atoms with Crippen molar-refractivity contribution in [2.24, 2.45) is 12.9 Å². The molecule has 1 atom stereocenters. The fourth-order valence-corrected chi connectivity index (χ4v) is 1.41. The molecule has 76 valence electrons. The minimum absolute atomic E-state index is 0.0497. The lowest BCUT2D eigenvalue weighted by molar-refractivity contribution is 0.520. The van der Waals surface area contributed by atoms with Crippen molar-refractivity contribution in [2.75, 3.05) is 0 Å². The Morgan fingerprint density at radius 3 is 2.86 bits per heavy atom. The van der Waals surface area contributed by atoms with Crippen LogP contribution in [0.2, 0.25) is 0 Å². The summed E-state index contributed by atoms with van der Waals surface area (Å²) in [4.78, 5) is 0. The van der Waals surface area contributed by atoms with Crippen LogP contribution >= 0.6 is 0 Å². The van der Waals surface area contributed by atoms with Crippen LogP contribution in [0.15, 0.2) is 6.07 Å². The lowest BCUT2D eigenvalue weighted by Gasteiger charge is -2.12. The number of aryl methyl sites for hydroxylation is 2. The summed E-state index contributed by atoms with van der Waals surface area (Å²) in [6, 6.07) is 2.07. The van der Waals surface area contributed by atoms with Gasteiger partial charge in [-0.1, -0.05) is 0 Å². The summed E-state index contributed by atoms with van der Waals surface area (Å²) in [5.41, 5.74) is 4.80. The third-order valence-electron chi connectivity index (χ3n) is 2.08. The minimum Gasteiger partial charge on any atom is -0.271 e. The van der Waals surface area contributed by atoms with Gasteiger partial charge in [0, 0.05) is 13.5 Å². The second-order valence-electron chi connectivity index (χ2n) is 3.18. The molecule has 0 bridgehead atoms. The molecular weight excluding hydrogens is 176 g/mol. The highest BCUT2D eigenvalue weighted by atomic mass is 15.3. The van der Waals surface area contributed by atoms with Crippen molar-refractivity contribution < 1.29 is 0 Å². The van der Waals surface area contributed by atoms with Crippen LogP contribution in [-0.4, -0.2) is 9.78 Å². The molecule has 0 saturated heterocycles. The van der Waals surface area contributed by atoms with E-state index in [4.69, 9.17) is 5.84 Å². The monoisotopic (exact) mass is 192 g/mol. The summed E-state index contributed by atoms with van der Waals surface area (Å²) in [7, 11) is 1.91. The van der Waals surface area contributed by atoms with Gasteiger partial charge in [-0.15, -0.1) is 11.8 Å². The van der Waals surface area contributed by atoms with Gasteiger partial charge in [0.1, 0.15) is 0 Å². The molecule has 1 heterocycles. The first-order chi connectivity index (χ1) is 6.69. The molecule has 0 spiro atoms. The van der Waals surface area contributed by atoms with Gasteiger partial charge in [0.25, 0.3) is 0 Å². The molecule has 3 N–H and O–H groups in total. The van der Waals surface area contributed by atoms with Gasteiger partial charge in [0.05, 0.1) is 17.4 Å². The highest BCUT2D eigenvalue weighted by molar-refractivity contribution is 5.15. The van der Waals surface area contributed by atoms with Gasteiger partial charge < -0.3 is 0 Å². The van der Waals surface area contributed by atoms with Crippen molar-refractivity contribution in [2.45, 2.75) is 26.3 Å². The summed E-state index contributed by atoms with van der Waals surface area (Å²) in [5.74, 6) is 11.3. The fourth-order valence-electron chi connectivity index (χ4n) is 1.41. The molecule has 0 aliphatic rings. The van der Waals surface area contributed by atoms with E-state index in [2.05, 4.69) is 22.4 Å². The van der Waals surface area contributed by atoms with Gasteiger partial charge >= 0.3 is 0 Å². The predicted molar refractivity (Wildman–Crippen MR) is 56.1 cm³/mol. The Balaban J connectivity index is 2.86. The molecule has 1 aromatic heterocycles. The molecule has 1 rings (SSSR count). The van der Waals surface area contributed by atoms with E-state index in [1.807, 2.05) is 31.6 Å². The van der Waals surface area contributed by atoms with Crippen LogP contribution in [0.25, 0.3) is 0 Å². The van der Waals surface area contributed by atoms with Crippen molar-refractivity contribution in [3.05, 3.63) is 17.5 Å². The zero-order valence-electron chi connectivity index (χ0n) is 8.83. The van der Waals surface area contributed by atoms with E-state index in [0.29, 0.717) is 6.42 Å². The molecule has 0 saturated carbocycles. The van der Waals surface area contributed by atoms with Crippen LogP contribution in [0.3, 0.4) is 0 Å². The molecule has 0 amide bonds. The zero-order chi connectivity index (χ0) is 10.6.